The van der Waals surface area contributed by atoms with Crippen LogP contribution in [0.25, 0.3) is 5.65 Å². The zero-order valence-electron chi connectivity index (χ0n) is 6.97. The van der Waals surface area contributed by atoms with Gasteiger partial charge in [0, 0.05) is 18.5 Å². The second-order valence-corrected chi connectivity index (χ2v) is 2.76. The second-order valence-electron chi connectivity index (χ2n) is 2.76. The molecular formula is C8H7N3O2. The van der Waals surface area contributed by atoms with Gasteiger partial charge in [-0.3, -0.25) is 10.1 Å². The van der Waals surface area contributed by atoms with Crippen molar-refractivity contribution in [3.8, 4) is 0 Å². The molecule has 0 fully saturated rings. The van der Waals surface area contributed by atoms with Gasteiger partial charge in [-0.05, 0) is 13.0 Å². The van der Waals surface area contributed by atoms with Crippen molar-refractivity contribution in [2.45, 2.75) is 6.92 Å². The van der Waals surface area contributed by atoms with Crippen molar-refractivity contribution in [1.82, 2.24) is 9.38 Å². The van der Waals surface area contributed by atoms with Gasteiger partial charge in [0.15, 0.2) is 0 Å². The van der Waals surface area contributed by atoms with Crippen LogP contribution in [0.5, 0.6) is 0 Å². The normalized spacial score (nSPS) is 10.5. The van der Waals surface area contributed by atoms with Gasteiger partial charge in [-0.1, -0.05) is 0 Å². The Balaban J connectivity index is 2.82. The lowest BCUT2D eigenvalue weighted by Gasteiger charge is -1.92. The summed E-state index contributed by atoms with van der Waals surface area (Å²) in [7, 11) is 0. The molecule has 0 aliphatic carbocycles. The van der Waals surface area contributed by atoms with Gasteiger partial charge >= 0.3 is 5.69 Å². The molecule has 2 aromatic rings. The number of hydrogen-bond acceptors (Lipinski definition) is 3. The summed E-state index contributed by atoms with van der Waals surface area (Å²) >= 11 is 0. The van der Waals surface area contributed by atoms with E-state index >= 15 is 0 Å². The molecule has 66 valence electrons. The van der Waals surface area contributed by atoms with Crippen LogP contribution in [0.3, 0.4) is 0 Å². The highest BCUT2D eigenvalue weighted by Gasteiger charge is 2.12. The van der Waals surface area contributed by atoms with Crippen molar-refractivity contribution < 1.29 is 4.92 Å². The Hall–Kier alpha value is -1.91. The van der Waals surface area contributed by atoms with Crippen molar-refractivity contribution in [2.75, 3.05) is 0 Å². The zero-order chi connectivity index (χ0) is 9.42. The summed E-state index contributed by atoms with van der Waals surface area (Å²) in [5, 5.41) is 10.6. The quantitative estimate of drug-likeness (QED) is 0.490. The van der Waals surface area contributed by atoms with E-state index in [0.29, 0.717) is 5.65 Å². The van der Waals surface area contributed by atoms with Crippen molar-refractivity contribution in [2.24, 2.45) is 0 Å². The Morgan fingerprint density at radius 2 is 2.38 bits per heavy atom. The van der Waals surface area contributed by atoms with Crippen LogP contribution < -0.4 is 0 Å². The Labute approximate surface area is 73.8 Å². The molecule has 0 radical (unpaired) electrons. The van der Waals surface area contributed by atoms with Crippen LogP contribution in [0, 0.1) is 17.0 Å². The summed E-state index contributed by atoms with van der Waals surface area (Å²) < 4.78 is 1.65. The molecule has 0 saturated heterocycles. The lowest BCUT2D eigenvalue weighted by Crippen LogP contribution is -1.92. The third-order valence-electron chi connectivity index (χ3n) is 1.78. The fourth-order valence-corrected chi connectivity index (χ4v) is 1.26. The first kappa shape index (κ1) is 7.72. The molecule has 0 spiro atoms. The van der Waals surface area contributed by atoms with Gasteiger partial charge in [0.05, 0.1) is 10.6 Å². The number of rotatable bonds is 1. The smallest absolute Gasteiger partial charge is 0.301 e. The van der Waals surface area contributed by atoms with Gasteiger partial charge in [-0.2, -0.15) is 0 Å². The number of fused-ring (bicyclic) bond motifs is 1. The lowest BCUT2D eigenvalue weighted by molar-refractivity contribution is -0.383. The number of nitro groups is 1. The van der Waals surface area contributed by atoms with E-state index in [1.807, 2.05) is 0 Å². The third kappa shape index (κ3) is 1.14. The maximum atomic E-state index is 10.6. The van der Waals surface area contributed by atoms with Crippen LogP contribution in [-0.4, -0.2) is 14.3 Å². The van der Waals surface area contributed by atoms with Gasteiger partial charge < -0.3 is 4.40 Å². The first-order valence-electron chi connectivity index (χ1n) is 3.77. The predicted molar refractivity (Wildman–Crippen MR) is 46.6 cm³/mol. The summed E-state index contributed by atoms with van der Waals surface area (Å²) in [5.74, 6) is 0. The van der Waals surface area contributed by atoms with E-state index in [2.05, 4.69) is 4.98 Å². The second kappa shape index (κ2) is 2.55. The summed E-state index contributed by atoms with van der Waals surface area (Å²) in [4.78, 5) is 14.2. The van der Waals surface area contributed by atoms with Crippen LogP contribution in [0.1, 0.15) is 5.69 Å². The van der Waals surface area contributed by atoms with Crippen molar-refractivity contribution >= 4 is 11.3 Å². The number of pyridine rings is 1. The Morgan fingerprint density at radius 3 is 3.08 bits per heavy atom. The van der Waals surface area contributed by atoms with Gasteiger partial charge in [-0.25, -0.2) is 4.98 Å². The third-order valence-corrected chi connectivity index (χ3v) is 1.78. The summed E-state index contributed by atoms with van der Waals surface area (Å²) in [6.45, 7) is 1.80. The molecule has 0 aromatic carbocycles. The van der Waals surface area contributed by atoms with E-state index in [4.69, 9.17) is 0 Å². The van der Waals surface area contributed by atoms with E-state index in [0.717, 1.165) is 5.69 Å². The molecule has 0 saturated carbocycles. The molecule has 0 amide bonds. The highest BCUT2D eigenvalue weighted by atomic mass is 16.6. The number of imidazole rings is 1. The van der Waals surface area contributed by atoms with E-state index in [-0.39, 0.29) is 5.69 Å². The molecule has 13 heavy (non-hydrogen) atoms. The first-order chi connectivity index (χ1) is 6.18. The highest BCUT2D eigenvalue weighted by Crippen LogP contribution is 2.17. The number of aryl methyl sites for hydroxylation is 1. The molecule has 2 aromatic heterocycles. The molecule has 5 heteroatoms. The fraction of sp³-hybridized carbons (Fsp3) is 0.125. The summed E-state index contributed by atoms with van der Waals surface area (Å²) in [5.41, 5.74) is 1.20. The monoisotopic (exact) mass is 177 g/mol. The van der Waals surface area contributed by atoms with Crippen molar-refractivity contribution in [3.63, 3.8) is 0 Å². The van der Waals surface area contributed by atoms with Crippen molar-refractivity contribution in [1.29, 1.82) is 0 Å². The lowest BCUT2D eigenvalue weighted by atomic mass is 10.4. The minimum atomic E-state index is -0.429. The fourth-order valence-electron chi connectivity index (χ4n) is 1.26. The molecule has 5 nitrogen and oxygen atoms in total. The molecule has 2 heterocycles. The average molecular weight is 177 g/mol. The molecule has 0 unspecified atom stereocenters. The van der Waals surface area contributed by atoms with Crippen LogP contribution in [0.15, 0.2) is 24.5 Å². The van der Waals surface area contributed by atoms with E-state index in [9.17, 15) is 10.1 Å². The largest absolute Gasteiger partial charge is 0.312 e. The molecule has 0 aliphatic rings. The minimum Gasteiger partial charge on any atom is -0.301 e. The van der Waals surface area contributed by atoms with E-state index in [1.54, 1.807) is 29.8 Å². The first-order valence-corrected chi connectivity index (χ1v) is 3.77. The Kier molecular flexibility index (Phi) is 1.51. The van der Waals surface area contributed by atoms with E-state index in [1.165, 1.54) is 6.07 Å². The SMILES string of the molecule is Cc1cn2cccc([N+](=O)[O-])c2n1. The molecule has 0 atom stereocenters. The van der Waals surface area contributed by atoms with Gasteiger partial charge in [0.1, 0.15) is 0 Å². The number of aromatic nitrogens is 2. The molecule has 0 aliphatic heterocycles. The van der Waals surface area contributed by atoms with Crippen LogP contribution in [-0.2, 0) is 0 Å². The standard InChI is InChI=1S/C8H7N3O2/c1-6-5-10-4-2-3-7(11(12)13)8(10)9-6/h2-5H,1H3. The molecule has 0 bridgehead atoms. The average Bonchev–Trinajstić information content (AvgIpc) is 2.43. The maximum Gasteiger partial charge on any atom is 0.312 e. The highest BCUT2D eigenvalue weighted by molar-refractivity contribution is 5.59. The van der Waals surface area contributed by atoms with Crippen LogP contribution >= 0.6 is 0 Å². The summed E-state index contributed by atoms with van der Waals surface area (Å²) in [6, 6.07) is 3.08. The summed E-state index contributed by atoms with van der Waals surface area (Å²) in [6.07, 6.45) is 3.49. The number of hydrogen-bond donors (Lipinski definition) is 0. The van der Waals surface area contributed by atoms with Crippen LogP contribution in [0.2, 0.25) is 0 Å². The van der Waals surface area contributed by atoms with Gasteiger partial charge in [0.2, 0.25) is 5.65 Å². The van der Waals surface area contributed by atoms with E-state index < -0.39 is 4.92 Å². The molecular weight excluding hydrogens is 170 g/mol. The van der Waals surface area contributed by atoms with Gasteiger partial charge in [-0.15, -0.1) is 0 Å². The Morgan fingerprint density at radius 1 is 1.62 bits per heavy atom. The van der Waals surface area contributed by atoms with Crippen LogP contribution in [0.4, 0.5) is 5.69 Å². The minimum absolute atomic E-state index is 0.0376. The maximum absolute atomic E-state index is 10.6. The molecule has 2 rings (SSSR count). The molecule has 0 N–H and O–H groups in total. The zero-order valence-corrected chi connectivity index (χ0v) is 6.97. The number of nitrogens with zero attached hydrogens (tertiary/aromatic N) is 3. The van der Waals surface area contributed by atoms with Gasteiger partial charge in [0.25, 0.3) is 0 Å². The van der Waals surface area contributed by atoms with Crippen molar-refractivity contribution in [3.05, 3.63) is 40.3 Å². The predicted octanol–water partition coefficient (Wildman–Crippen LogP) is 1.55. The topological polar surface area (TPSA) is 60.4 Å². The Bertz CT molecular complexity index is 475.